The molecule has 8 heteroatoms. The Morgan fingerprint density at radius 3 is 1.73 bits per heavy atom. The van der Waals surface area contributed by atoms with Crippen molar-refractivity contribution < 1.29 is 38.2 Å². The van der Waals surface area contributed by atoms with E-state index in [-0.39, 0.29) is 36.2 Å². The van der Waals surface area contributed by atoms with E-state index in [1.54, 1.807) is 0 Å². The predicted octanol–water partition coefficient (Wildman–Crippen LogP) is 9.68. The number of aliphatic carboxylic acids is 1. The molecule has 8 nitrogen and oxygen atoms in total. The van der Waals surface area contributed by atoms with E-state index in [1.807, 2.05) is 21.1 Å². The van der Waals surface area contributed by atoms with E-state index in [1.165, 1.54) is 32.1 Å². The zero-order valence-electron chi connectivity index (χ0n) is 31.9. The number of carboxylic acid groups (broad SMARTS) is 1. The van der Waals surface area contributed by atoms with Gasteiger partial charge in [-0.1, -0.05) is 101 Å². The molecule has 0 aromatic carbocycles. The molecule has 0 aromatic rings. The number of unbranched alkanes of at least 4 members (excludes halogenated alkanes) is 11. The molecule has 0 fully saturated rings. The van der Waals surface area contributed by atoms with Crippen molar-refractivity contribution in [3.8, 4) is 0 Å². The fourth-order valence-corrected chi connectivity index (χ4v) is 5.22. The number of esters is 2. The standard InChI is InChI=1S/C41H71NO7/c1-6-8-10-12-14-16-18-20-22-24-26-28-30-32-40(44)49-37(35-47-34-33-38(41(45)46)42(3,4)5)36-48-39(43)31-29-27-25-23-21-19-17-15-13-11-9-7-2/h8,10,14-17,20,22,37-38H,6-7,9,11-13,18-19,21,23-36H2,1-5H3/p+1/b10-8-,16-14-,17-15-,22-20-. The van der Waals surface area contributed by atoms with E-state index in [2.05, 4.69) is 62.5 Å². The second kappa shape index (κ2) is 32.5. The molecular weight excluding hydrogens is 618 g/mol. The monoisotopic (exact) mass is 691 g/mol. The normalized spacial score (nSPS) is 13.6. The van der Waals surface area contributed by atoms with Crippen molar-refractivity contribution in [2.75, 3.05) is 41.0 Å². The van der Waals surface area contributed by atoms with Crippen molar-refractivity contribution >= 4 is 17.9 Å². The lowest BCUT2D eigenvalue weighted by Crippen LogP contribution is -2.50. The largest absolute Gasteiger partial charge is 0.477 e. The van der Waals surface area contributed by atoms with Crippen molar-refractivity contribution in [1.29, 1.82) is 0 Å². The van der Waals surface area contributed by atoms with Gasteiger partial charge in [0.25, 0.3) is 0 Å². The molecule has 0 aromatic heterocycles. The molecule has 0 heterocycles. The number of rotatable bonds is 33. The van der Waals surface area contributed by atoms with Crippen molar-refractivity contribution in [3.63, 3.8) is 0 Å². The number of carbonyl (C=O) groups is 3. The summed E-state index contributed by atoms with van der Waals surface area (Å²) in [6.45, 7) is 4.53. The Morgan fingerprint density at radius 1 is 0.633 bits per heavy atom. The second-order valence-electron chi connectivity index (χ2n) is 13.8. The maximum Gasteiger partial charge on any atom is 0.362 e. The summed E-state index contributed by atoms with van der Waals surface area (Å²) in [5.41, 5.74) is 0. The Balaban J connectivity index is 4.50. The third kappa shape index (κ3) is 31.0. The lowest BCUT2D eigenvalue weighted by molar-refractivity contribution is -0.887. The first kappa shape index (κ1) is 46.3. The van der Waals surface area contributed by atoms with Crippen LogP contribution in [0.1, 0.15) is 142 Å². The molecule has 49 heavy (non-hydrogen) atoms. The lowest BCUT2D eigenvalue weighted by atomic mass is 10.1. The average molecular weight is 691 g/mol. The maximum atomic E-state index is 12.6. The number of carbonyl (C=O) groups excluding carboxylic acids is 2. The third-order valence-corrected chi connectivity index (χ3v) is 8.21. The van der Waals surface area contributed by atoms with Crippen LogP contribution in [0, 0.1) is 0 Å². The van der Waals surface area contributed by atoms with E-state index in [4.69, 9.17) is 14.2 Å². The first-order valence-electron chi connectivity index (χ1n) is 19.2. The second-order valence-corrected chi connectivity index (χ2v) is 13.8. The molecule has 0 aliphatic heterocycles. The predicted molar refractivity (Wildman–Crippen MR) is 201 cm³/mol. The Bertz CT molecular complexity index is 948. The fourth-order valence-electron chi connectivity index (χ4n) is 5.22. The Hall–Kier alpha value is -2.71. The van der Waals surface area contributed by atoms with Gasteiger partial charge in [-0.05, 0) is 70.6 Å². The molecule has 0 spiro atoms. The van der Waals surface area contributed by atoms with E-state index in [0.717, 1.165) is 77.0 Å². The molecular formula is C41H72NO7+. The molecule has 282 valence electrons. The smallest absolute Gasteiger partial charge is 0.362 e. The van der Waals surface area contributed by atoms with E-state index >= 15 is 0 Å². The van der Waals surface area contributed by atoms with E-state index in [9.17, 15) is 19.5 Å². The van der Waals surface area contributed by atoms with Crippen LogP contribution in [-0.4, -0.2) is 80.6 Å². The fraction of sp³-hybridized carbons (Fsp3) is 0.732. The number of quaternary nitrogens is 1. The van der Waals surface area contributed by atoms with Gasteiger partial charge in [0.2, 0.25) is 0 Å². The first-order valence-corrected chi connectivity index (χ1v) is 19.2. The SMILES string of the molecule is CC/C=C\C/C=C\C/C=C\CCCCCC(=O)OC(COCCC(C(=O)O)[N+](C)(C)C)COC(=O)CCCCCCC/C=C\CCCCC. The molecule has 2 unspecified atom stereocenters. The van der Waals surface area contributed by atoms with Gasteiger partial charge in [0.05, 0.1) is 34.4 Å². The van der Waals surface area contributed by atoms with Crippen LogP contribution >= 0.6 is 0 Å². The Morgan fingerprint density at radius 2 is 1.14 bits per heavy atom. The van der Waals surface area contributed by atoms with Crippen LogP contribution in [0.3, 0.4) is 0 Å². The minimum Gasteiger partial charge on any atom is -0.477 e. The molecule has 0 radical (unpaired) electrons. The Labute approximate surface area is 299 Å². The van der Waals surface area contributed by atoms with Gasteiger partial charge in [-0.3, -0.25) is 9.59 Å². The molecule has 0 bridgehead atoms. The van der Waals surface area contributed by atoms with Gasteiger partial charge >= 0.3 is 17.9 Å². The third-order valence-electron chi connectivity index (χ3n) is 8.21. The highest BCUT2D eigenvalue weighted by Gasteiger charge is 2.31. The summed E-state index contributed by atoms with van der Waals surface area (Å²) in [5, 5.41) is 9.58. The zero-order valence-corrected chi connectivity index (χ0v) is 31.9. The van der Waals surface area contributed by atoms with Gasteiger partial charge in [0.15, 0.2) is 12.1 Å². The van der Waals surface area contributed by atoms with Gasteiger partial charge in [-0.2, -0.15) is 0 Å². The quantitative estimate of drug-likeness (QED) is 0.0317. The molecule has 0 saturated carbocycles. The van der Waals surface area contributed by atoms with Crippen molar-refractivity contribution in [2.45, 2.75) is 154 Å². The van der Waals surface area contributed by atoms with Crippen LogP contribution in [-0.2, 0) is 28.6 Å². The van der Waals surface area contributed by atoms with E-state index in [0.29, 0.717) is 19.3 Å². The highest BCUT2D eigenvalue weighted by Crippen LogP contribution is 2.12. The van der Waals surface area contributed by atoms with Gasteiger partial charge in [-0.25, -0.2) is 4.79 Å². The number of ether oxygens (including phenoxy) is 3. The van der Waals surface area contributed by atoms with Gasteiger partial charge in [0, 0.05) is 19.3 Å². The van der Waals surface area contributed by atoms with Crippen LogP contribution in [0.25, 0.3) is 0 Å². The number of nitrogens with zero attached hydrogens (tertiary/aromatic N) is 1. The van der Waals surface area contributed by atoms with Crippen LogP contribution in [0.5, 0.6) is 0 Å². The molecule has 0 saturated heterocycles. The summed E-state index contributed by atoms with van der Waals surface area (Å²) in [4.78, 5) is 36.7. The first-order chi connectivity index (χ1) is 23.6. The topological polar surface area (TPSA) is 99.1 Å². The van der Waals surface area contributed by atoms with Gasteiger partial charge < -0.3 is 23.8 Å². The minimum atomic E-state index is -0.884. The van der Waals surface area contributed by atoms with Crippen LogP contribution < -0.4 is 0 Å². The summed E-state index contributed by atoms with van der Waals surface area (Å²) in [6.07, 6.45) is 35.8. The summed E-state index contributed by atoms with van der Waals surface area (Å²) in [7, 11) is 5.50. The number of allylic oxidation sites excluding steroid dienone is 8. The van der Waals surface area contributed by atoms with Crippen LogP contribution in [0.15, 0.2) is 48.6 Å². The summed E-state index contributed by atoms with van der Waals surface area (Å²) >= 11 is 0. The van der Waals surface area contributed by atoms with Gasteiger partial charge in [-0.15, -0.1) is 0 Å². The number of hydrogen-bond acceptors (Lipinski definition) is 6. The molecule has 0 rings (SSSR count). The minimum absolute atomic E-state index is 0.0453. The summed E-state index contributed by atoms with van der Waals surface area (Å²) < 4.78 is 17.1. The molecule has 1 N–H and O–H groups in total. The number of likely N-dealkylation sites (N-methyl/N-ethyl adjacent to an activating group) is 1. The van der Waals surface area contributed by atoms with Crippen molar-refractivity contribution in [3.05, 3.63) is 48.6 Å². The number of hydrogen-bond donors (Lipinski definition) is 1. The van der Waals surface area contributed by atoms with Crippen LogP contribution in [0.2, 0.25) is 0 Å². The number of carboxylic acids is 1. The summed E-state index contributed by atoms with van der Waals surface area (Å²) in [6, 6.07) is -0.620. The van der Waals surface area contributed by atoms with Gasteiger partial charge in [0.1, 0.15) is 6.61 Å². The highest BCUT2D eigenvalue weighted by atomic mass is 16.6. The zero-order chi connectivity index (χ0) is 36.4. The Kier molecular flexibility index (Phi) is 30.7. The molecule has 0 aliphatic rings. The van der Waals surface area contributed by atoms with Crippen LogP contribution in [0.4, 0.5) is 0 Å². The molecule has 0 aliphatic carbocycles. The van der Waals surface area contributed by atoms with Crippen molar-refractivity contribution in [1.82, 2.24) is 0 Å². The summed E-state index contributed by atoms with van der Waals surface area (Å²) in [5.74, 6) is -1.53. The van der Waals surface area contributed by atoms with E-state index < -0.39 is 18.1 Å². The average Bonchev–Trinajstić information content (AvgIpc) is 3.05. The molecule has 0 amide bonds. The molecule has 2 atom stereocenters. The highest BCUT2D eigenvalue weighted by molar-refractivity contribution is 5.72. The lowest BCUT2D eigenvalue weighted by Gasteiger charge is -2.31. The maximum absolute atomic E-state index is 12.6. The van der Waals surface area contributed by atoms with Crippen molar-refractivity contribution in [2.24, 2.45) is 0 Å².